The van der Waals surface area contributed by atoms with Crippen molar-refractivity contribution in [2.45, 2.75) is 43.5 Å². The highest BCUT2D eigenvalue weighted by Crippen LogP contribution is 2.37. The molecule has 1 aromatic carbocycles. The zero-order valence-electron chi connectivity index (χ0n) is 13.2. The molecule has 0 bridgehead atoms. The molecule has 5 heteroatoms. The van der Waals surface area contributed by atoms with Crippen LogP contribution >= 0.6 is 11.6 Å². The Morgan fingerprint density at radius 1 is 1.30 bits per heavy atom. The minimum Gasteiger partial charge on any atom is -0.491 e. The third-order valence-corrected chi connectivity index (χ3v) is 5.85. The van der Waals surface area contributed by atoms with Gasteiger partial charge in [-0.2, -0.15) is 0 Å². The van der Waals surface area contributed by atoms with Crippen LogP contribution in [0.25, 0.3) is 0 Å². The van der Waals surface area contributed by atoms with E-state index in [2.05, 4.69) is 16.7 Å². The van der Waals surface area contributed by atoms with Gasteiger partial charge in [0.2, 0.25) is 5.91 Å². The van der Waals surface area contributed by atoms with Crippen LogP contribution in [0.1, 0.15) is 31.2 Å². The summed E-state index contributed by atoms with van der Waals surface area (Å²) in [5, 5.41) is 6.91. The number of ether oxygens (including phenoxy) is 1. The highest BCUT2D eigenvalue weighted by atomic mass is 35.5. The number of rotatable bonds is 3. The molecule has 0 spiro atoms. The van der Waals surface area contributed by atoms with Crippen LogP contribution in [0.4, 0.5) is 5.69 Å². The highest BCUT2D eigenvalue weighted by Gasteiger charge is 2.38. The van der Waals surface area contributed by atoms with Crippen LogP contribution in [0.2, 0.25) is 0 Å². The summed E-state index contributed by atoms with van der Waals surface area (Å²) in [6.07, 6.45) is 4.95. The van der Waals surface area contributed by atoms with E-state index in [0.29, 0.717) is 18.5 Å². The predicted molar refractivity (Wildman–Crippen MR) is 91.2 cm³/mol. The van der Waals surface area contributed by atoms with Crippen molar-refractivity contribution in [3.05, 3.63) is 23.8 Å². The maximum atomic E-state index is 12.4. The van der Waals surface area contributed by atoms with E-state index in [-0.39, 0.29) is 17.2 Å². The Labute approximate surface area is 141 Å². The van der Waals surface area contributed by atoms with E-state index in [1.54, 1.807) is 0 Å². The summed E-state index contributed by atoms with van der Waals surface area (Å²) in [4.78, 5) is 12.4. The van der Waals surface area contributed by atoms with Crippen molar-refractivity contribution in [3.63, 3.8) is 0 Å². The smallest absolute Gasteiger partial charge is 0.225 e. The monoisotopic (exact) mass is 334 g/mol. The van der Waals surface area contributed by atoms with Crippen LogP contribution < -0.4 is 15.4 Å². The lowest BCUT2D eigenvalue weighted by molar-refractivity contribution is -0.129. The number of carbonyl (C=O) groups excluding carboxylic acids is 1. The van der Waals surface area contributed by atoms with Crippen molar-refractivity contribution in [3.8, 4) is 5.75 Å². The highest BCUT2D eigenvalue weighted by molar-refractivity contribution is 6.20. The summed E-state index contributed by atoms with van der Waals surface area (Å²) in [5.41, 5.74) is 2.26. The quantitative estimate of drug-likeness (QED) is 0.836. The molecule has 3 aliphatic rings. The molecule has 1 aliphatic carbocycles. The van der Waals surface area contributed by atoms with Gasteiger partial charge in [-0.05, 0) is 43.2 Å². The maximum absolute atomic E-state index is 12.4. The number of fused-ring (bicyclic) bond motifs is 2. The van der Waals surface area contributed by atoms with Gasteiger partial charge in [0.05, 0.1) is 18.2 Å². The summed E-state index contributed by atoms with van der Waals surface area (Å²) in [6, 6.07) is 6.52. The van der Waals surface area contributed by atoms with Crippen molar-refractivity contribution in [2.75, 3.05) is 18.5 Å². The van der Waals surface area contributed by atoms with Crippen LogP contribution in [-0.4, -0.2) is 30.5 Å². The van der Waals surface area contributed by atoms with E-state index >= 15 is 0 Å². The average molecular weight is 335 g/mol. The van der Waals surface area contributed by atoms with Crippen LogP contribution in [0.5, 0.6) is 5.75 Å². The van der Waals surface area contributed by atoms with Crippen molar-refractivity contribution < 1.29 is 9.53 Å². The van der Waals surface area contributed by atoms with Crippen molar-refractivity contribution in [1.82, 2.24) is 5.32 Å². The third-order valence-electron chi connectivity index (χ3n) is 5.46. The molecular formula is C18H23ClN2O2. The molecule has 23 heavy (non-hydrogen) atoms. The summed E-state index contributed by atoms with van der Waals surface area (Å²) in [6.45, 7) is 1.40. The van der Waals surface area contributed by atoms with Gasteiger partial charge in [-0.1, -0.05) is 12.1 Å². The van der Waals surface area contributed by atoms with Gasteiger partial charge in [0, 0.05) is 24.4 Å². The molecule has 124 valence electrons. The predicted octanol–water partition coefficient (Wildman–Crippen LogP) is 2.95. The molecule has 1 amide bonds. The van der Waals surface area contributed by atoms with Gasteiger partial charge in [0.15, 0.2) is 0 Å². The van der Waals surface area contributed by atoms with Gasteiger partial charge in [0.25, 0.3) is 0 Å². The van der Waals surface area contributed by atoms with Crippen LogP contribution in [0.3, 0.4) is 0 Å². The normalized spacial score (nSPS) is 32.5. The van der Waals surface area contributed by atoms with Gasteiger partial charge < -0.3 is 15.4 Å². The Morgan fingerprint density at radius 2 is 2.22 bits per heavy atom. The second-order valence-electron chi connectivity index (χ2n) is 6.99. The Bertz CT molecular complexity index is 607. The summed E-state index contributed by atoms with van der Waals surface area (Å²) < 4.78 is 5.72. The number of amides is 1. The topological polar surface area (TPSA) is 50.4 Å². The number of alkyl halides is 1. The number of nitrogens with one attached hydrogen (secondary N) is 2. The fourth-order valence-corrected chi connectivity index (χ4v) is 4.55. The van der Waals surface area contributed by atoms with Gasteiger partial charge in [0.1, 0.15) is 5.75 Å². The van der Waals surface area contributed by atoms with E-state index in [0.717, 1.165) is 50.1 Å². The first kappa shape index (κ1) is 15.1. The molecule has 2 heterocycles. The standard InChI is InChI=1S/C18H23ClN2O2/c19-14-4-5-15-12(9-14)8-13(18(22)21-15)10-20-16-3-1-2-11-6-7-23-17(11)16/h1-3,12-15,20H,4-10H2,(H,21,22). The first-order chi connectivity index (χ1) is 11.2. The lowest BCUT2D eigenvalue weighted by Crippen LogP contribution is -2.53. The Hall–Kier alpha value is -1.42. The molecule has 1 saturated heterocycles. The minimum atomic E-state index is 0.00970. The molecule has 4 rings (SSSR count). The van der Waals surface area contributed by atoms with Crippen LogP contribution in [0, 0.1) is 11.8 Å². The SMILES string of the molecule is O=C1NC2CCC(Cl)CC2CC1CNc1cccc2c1OCC2. The fourth-order valence-electron chi connectivity index (χ4n) is 4.19. The van der Waals surface area contributed by atoms with Gasteiger partial charge in [-0.3, -0.25) is 4.79 Å². The number of benzene rings is 1. The molecule has 4 nitrogen and oxygen atoms in total. The molecule has 4 unspecified atom stereocenters. The Morgan fingerprint density at radius 3 is 3.13 bits per heavy atom. The number of carbonyl (C=O) groups is 1. The van der Waals surface area contributed by atoms with E-state index in [9.17, 15) is 4.79 Å². The fraction of sp³-hybridized carbons (Fsp3) is 0.611. The molecule has 1 saturated carbocycles. The molecule has 0 aromatic heterocycles. The largest absolute Gasteiger partial charge is 0.491 e. The average Bonchev–Trinajstić information content (AvgIpc) is 3.02. The first-order valence-corrected chi connectivity index (χ1v) is 9.07. The van der Waals surface area contributed by atoms with Crippen LogP contribution in [0.15, 0.2) is 18.2 Å². The molecule has 1 aromatic rings. The van der Waals surface area contributed by atoms with E-state index < -0.39 is 0 Å². The number of para-hydroxylation sites is 1. The minimum absolute atomic E-state index is 0.00970. The third kappa shape index (κ3) is 3.01. The molecule has 4 atom stereocenters. The molecular weight excluding hydrogens is 312 g/mol. The zero-order valence-corrected chi connectivity index (χ0v) is 13.9. The number of hydrogen-bond donors (Lipinski definition) is 2. The molecule has 0 radical (unpaired) electrons. The Kier molecular flexibility index (Phi) is 4.10. The van der Waals surface area contributed by atoms with Crippen LogP contribution in [-0.2, 0) is 11.2 Å². The lowest BCUT2D eigenvalue weighted by Gasteiger charge is -2.41. The van der Waals surface area contributed by atoms with E-state index in [4.69, 9.17) is 16.3 Å². The molecule has 2 fully saturated rings. The van der Waals surface area contributed by atoms with Gasteiger partial charge in [-0.25, -0.2) is 0 Å². The number of anilines is 1. The lowest BCUT2D eigenvalue weighted by atomic mass is 9.75. The number of piperidine rings is 1. The number of hydrogen-bond acceptors (Lipinski definition) is 3. The van der Waals surface area contributed by atoms with Crippen molar-refractivity contribution in [1.29, 1.82) is 0 Å². The zero-order chi connectivity index (χ0) is 15.8. The second kappa shape index (κ2) is 6.23. The molecule has 2 N–H and O–H groups in total. The number of halogens is 1. The van der Waals surface area contributed by atoms with E-state index in [1.165, 1.54) is 5.56 Å². The summed E-state index contributed by atoms with van der Waals surface area (Å²) >= 11 is 6.31. The van der Waals surface area contributed by atoms with E-state index in [1.807, 2.05) is 12.1 Å². The maximum Gasteiger partial charge on any atom is 0.225 e. The molecule has 2 aliphatic heterocycles. The Balaban J connectivity index is 1.41. The summed E-state index contributed by atoms with van der Waals surface area (Å²) in [7, 11) is 0. The van der Waals surface area contributed by atoms with Gasteiger partial charge >= 0.3 is 0 Å². The van der Waals surface area contributed by atoms with Gasteiger partial charge in [-0.15, -0.1) is 11.6 Å². The first-order valence-electron chi connectivity index (χ1n) is 8.63. The second-order valence-corrected chi connectivity index (χ2v) is 7.61. The van der Waals surface area contributed by atoms with Crippen molar-refractivity contribution in [2.24, 2.45) is 11.8 Å². The van der Waals surface area contributed by atoms with Crippen molar-refractivity contribution >= 4 is 23.2 Å². The summed E-state index contributed by atoms with van der Waals surface area (Å²) in [5.74, 6) is 1.67.